The Morgan fingerprint density at radius 2 is 1.78 bits per heavy atom. The zero-order valence-electron chi connectivity index (χ0n) is 21.0. The maximum Gasteiger partial charge on any atom is 0.332 e. The molecule has 0 fully saturated rings. The molecule has 1 aliphatic rings. The minimum atomic E-state index is -0.622. The molecule has 2 atom stereocenters. The maximum absolute atomic E-state index is 13.7. The van der Waals surface area contributed by atoms with Crippen LogP contribution in [0.2, 0.25) is 0 Å². The van der Waals surface area contributed by atoms with E-state index in [0.29, 0.717) is 18.5 Å². The van der Waals surface area contributed by atoms with Crippen molar-refractivity contribution in [3.63, 3.8) is 0 Å². The Kier molecular flexibility index (Phi) is 6.39. The number of nitrogens with two attached hydrogens (primary N) is 1. The van der Waals surface area contributed by atoms with Crippen molar-refractivity contribution in [1.29, 1.82) is 0 Å². The van der Waals surface area contributed by atoms with Gasteiger partial charge in [0.2, 0.25) is 0 Å². The van der Waals surface area contributed by atoms with Gasteiger partial charge >= 0.3 is 5.69 Å². The molecule has 0 amide bonds. The van der Waals surface area contributed by atoms with Gasteiger partial charge in [-0.1, -0.05) is 66.2 Å². The van der Waals surface area contributed by atoms with Gasteiger partial charge in [0.15, 0.2) is 16.9 Å². The van der Waals surface area contributed by atoms with Crippen LogP contribution in [0, 0.1) is 0 Å². The molecule has 0 saturated carbocycles. The summed E-state index contributed by atoms with van der Waals surface area (Å²) in [4.78, 5) is 44.3. The number of imidazole rings is 1. The van der Waals surface area contributed by atoms with Crippen LogP contribution in [-0.4, -0.2) is 30.5 Å². The molecule has 0 aliphatic heterocycles. The molecule has 0 unspecified atom stereocenters. The average Bonchev–Trinajstić information content (AvgIpc) is 3.41. The van der Waals surface area contributed by atoms with Gasteiger partial charge in [0.05, 0.1) is 12.6 Å². The quantitative estimate of drug-likeness (QED) is 0.309. The molecule has 2 aromatic heterocycles. The van der Waals surface area contributed by atoms with Crippen molar-refractivity contribution in [3.8, 4) is 6.01 Å². The van der Waals surface area contributed by atoms with E-state index in [9.17, 15) is 14.4 Å². The number of aryl methyl sites for hydroxylation is 1. The predicted molar refractivity (Wildman–Crippen MR) is 141 cm³/mol. The van der Waals surface area contributed by atoms with E-state index in [0.717, 1.165) is 21.3 Å². The van der Waals surface area contributed by atoms with Gasteiger partial charge in [-0.25, -0.2) is 4.79 Å². The highest BCUT2D eigenvalue weighted by molar-refractivity contribution is 5.95. The average molecular weight is 500 g/mol. The zero-order valence-corrected chi connectivity index (χ0v) is 21.0. The first kappa shape index (κ1) is 24.5. The smallest absolute Gasteiger partial charge is 0.332 e. The van der Waals surface area contributed by atoms with E-state index >= 15 is 0 Å². The van der Waals surface area contributed by atoms with Crippen LogP contribution in [0.4, 0.5) is 0 Å². The molecular weight excluding hydrogens is 470 g/mol. The lowest BCUT2D eigenvalue weighted by molar-refractivity contribution is 0.0969. The number of benzene rings is 2. The number of carbonyl (C=O) groups is 1. The largest absolute Gasteiger partial charge is 0.455 e. The highest BCUT2D eigenvalue weighted by Crippen LogP contribution is 2.34. The molecule has 1 aliphatic carbocycles. The third-order valence-corrected chi connectivity index (χ3v) is 6.72. The maximum atomic E-state index is 13.7. The summed E-state index contributed by atoms with van der Waals surface area (Å²) in [7, 11) is 1.53. The van der Waals surface area contributed by atoms with E-state index in [1.165, 1.54) is 11.6 Å². The third kappa shape index (κ3) is 4.42. The number of hydrogen-bond acceptors (Lipinski definition) is 6. The van der Waals surface area contributed by atoms with Crippen LogP contribution in [0.5, 0.6) is 6.01 Å². The van der Waals surface area contributed by atoms with Crippen LogP contribution >= 0.6 is 0 Å². The lowest BCUT2D eigenvalue weighted by Gasteiger charge is -2.19. The summed E-state index contributed by atoms with van der Waals surface area (Å²) in [6.45, 7) is 3.83. The molecule has 5 rings (SSSR count). The number of fused-ring (bicyclic) bond motifs is 2. The molecule has 2 heterocycles. The Bertz CT molecular complexity index is 1640. The normalized spacial score (nSPS) is 16.5. The lowest BCUT2D eigenvalue weighted by Crippen LogP contribution is -2.41. The zero-order chi connectivity index (χ0) is 26.3. The Balaban J connectivity index is 1.64. The van der Waals surface area contributed by atoms with Crippen LogP contribution in [0.25, 0.3) is 11.2 Å². The third-order valence-electron chi connectivity index (χ3n) is 6.72. The number of allylic oxidation sites excluding steroid dienone is 2. The number of carbonyl (C=O) groups excluding carboxylic acids is 1. The molecule has 190 valence electrons. The molecule has 37 heavy (non-hydrogen) atoms. The summed E-state index contributed by atoms with van der Waals surface area (Å²) in [6, 6.07) is 16.4. The molecule has 4 aromatic rings. The van der Waals surface area contributed by atoms with Crippen molar-refractivity contribution in [2.24, 2.45) is 12.8 Å². The fourth-order valence-corrected chi connectivity index (χ4v) is 4.74. The second-order valence-electron chi connectivity index (χ2n) is 9.59. The van der Waals surface area contributed by atoms with E-state index in [1.54, 1.807) is 34.9 Å². The summed E-state index contributed by atoms with van der Waals surface area (Å²) in [6.07, 6.45) is 2.17. The second-order valence-corrected chi connectivity index (χ2v) is 9.59. The van der Waals surface area contributed by atoms with Gasteiger partial charge in [-0.05, 0) is 31.4 Å². The molecule has 9 heteroatoms. The van der Waals surface area contributed by atoms with Gasteiger partial charge in [-0.2, -0.15) is 4.98 Å². The SMILES string of the molecule is CC(C)=CCn1c(O[C@@H]2c3ccccc3C[C@@H]2N)nc2c1c(=O)n(CC(=O)c1ccccc1)c(=O)n2C. The summed E-state index contributed by atoms with van der Waals surface area (Å²) < 4.78 is 10.3. The number of rotatable bonds is 7. The molecular formula is C28H29N5O4. The van der Waals surface area contributed by atoms with Crippen molar-refractivity contribution in [2.45, 2.75) is 45.5 Å². The van der Waals surface area contributed by atoms with Gasteiger partial charge in [-0.3, -0.25) is 23.3 Å². The number of ether oxygens (including phenoxy) is 1. The Morgan fingerprint density at radius 1 is 1.08 bits per heavy atom. The summed E-state index contributed by atoms with van der Waals surface area (Å²) in [5.41, 5.74) is 9.15. The minimum absolute atomic E-state index is 0.190. The minimum Gasteiger partial charge on any atom is -0.455 e. The summed E-state index contributed by atoms with van der Waals surface area (Å²) >= 11 is 0. The van der Waals surface area contributed by atoms with Crippen LogP contribution in [0.15, 0.2) is 75.8 Å². The van der Waals surface area contributed by atoms with Crippen molar-refractivity contribution >= 4 is 16.9 Å². The first-order valence-electron chi connectivity index (χ1n) is 12.2. The summed E-state index contributed by atoms with van der Waals surface area (Å²) in [5, 5.41) is 0. The molecule has 2 aromatic carbocycles. The number of hydrogen-bond donors (Lipinski definition) is 1. The lowest BCUT2D eigenvalue weighted by atomic mass is 10.1. The fraction of sp³-hybridized carbons (Fsp3) is 0.286. The van der Waals surface area contributed by atoms with E-state index in [2.05, 4.69) is 4.98 Å². The Hall–Kier alpha value is -4.24. The standard InChI is InChI=1S/C28H29N5O4/c1-17(2)13-14-32-23-25(30-27(32)37-24-20-12-8-7-11-19(20)15-21(24)29)31(3)28(36)33(26(23)35)16-22(34)18-9-5-4-6-10-18/h4-13,21,24H,14-16,29H2,1-3H3/t21-,24+/m0/s1. The van der Waals surface area contributed by atoms with Gasteiger partial charge in [0.25, 0.3) is 11.6 Å². The molecule has 0 radical (unpaired) electrons. The molecule has 0 spiro atoms. The van der Waals surface area contributed by atoms with Crippen molar-refractivity contribution < 1.29 is 9.53 Å². The first-order valence-corrected chi connectivity index (χ1v) is 12.2. The Morgan fingerprint density at radius 3 is 2.51 bits per heavy atom. The van der Waals surface area contributed by atoms with Gasteiger partial charge in [0, 0.05) is 19.2 Å². The van der Waals surface area contributed by atoms with Crippen molar-refractivity contribution in [2.75, 3.05) is 0 Å². The molecule has 2 N–H and O–H groups in total. The first-order chi connectivity index (χ1) is 17.8. The van der Waals surface area contributed by atoms with Crippen LogP contribution in [0.1, 0.15) is 41.4 Å². The predicted octanol–water partition coefficient (Wildman–Crippen LogP) is 2.75. The van der Waals surface area contributed by atoms with Crippen molar-refractivity contribution in [3.05, 3.63) is 104 Å². The van der Waals surface area contributed by atoms with E-state index in [1.807, 2.05) is 44.2 Å². The highest BCUT2D eigenvalue weighted by Gasteiger charge is 2.33. The Labute approximate surface area is 213 Å². The van der Waals surface area contributed by atoms with E-state index in [4.69, 9.17) is 10.5 Å². The van der Waals surface area contributed by atoms with Gasteiger partial charge in [-0.15, -0.1) is 0 Å². The van der Waals surface area contributed by atoms with Crippen LogP contribution in [-0.2, 0) is 26.6 Å². The summed E-state index contributed by atoms with van der Waals surface area (Å²) in [5.74, 6) is -0.334. The van der Waals surface area contributed by atoms with Gasteiger partial charge in [0.1, 0.15) is 6.10 Å². The molecule has 0 bridgehead atoms. The van der Waals surface area contributed by atoms with Crippen LogP contribution < -0.4 is 21.7 Å². The second kappa shape index (κ2) is 9.67. The number of aromatic nitrogens is 4. The van der Waals surface area contributed by atoms with E-state index < -0.39 is 17.4 Å². The number of ketones is 1. The number of nitrogens with zero attached hydrogens (tertiary/aromatic N) is 4. The van der Waals surface area contributed by atoms with E-state index in [-0.39, 0.29) is 35.5 Å². The fourth-order valence-electron chi connectivity index (χ4n) is 4.74. The number of Topliss-reactive ketones (excluding diaryl/α,β-unsaturated/α-hetero) is 1. The van der Waals surface area contributed by atoms with Crippen molar-refractivity contribution in [1.82, 2.24) is 18.7 Å². The highest BCUT2D eigenvalue weighted by atomic mass is 16.5. The monoisotopic (exact) mass is 499 g/mol. The van der Waals surface area contributed by atoms with Gasteiger partial charge < -0.3 is 10.5 Å². The van der Waals surface area contributed by atoms with Crippen LogP contribution in [0.3, 0.4) is 0 Å². The topological polar surface area (TPSA) is 114 Å². The molecule has 0 saturated heterocycles. The molecule has 9 nitrogen and oxygen atoms in total.